The molecular formula is C17H18F2N2O4. The van der Waals surface area contributed by atoms with Gasteiger partial charge in [0.05, 0.1) is 11.8 Å². The van der Waals surface area contributed by atoms with E-state index in [1.54, 1.807) is 0 Å². The quantitative estimate of drug-likeness (QED) is 0.826. The van der Waals surface area contributed by atoms with Crippen molar-refractivity contribution in [2.75, 3.05) is 11.9 Å². The summed E-state index contributed by atoms with van der Waals surface area (Å²) in [6, 6.07) is 5.40. The van der Waals surface area contributed by atoms with E-state index >= 15 is 0 Å². The summed E-state index contributed by atoms with van der Waals surface area (Å²) in [6.07, 6.45) is 3.23. The Kier molecular flexibility index (Phi) is 4.96. The molecule has 2 fully saturated rings. The summed E-state index contributed by atoms with van der Waals surface area (Å²) in [7, 11) is 0. The molecule has 0 bridgehead atoms. The number of rotatable bonds is 5. The number of fused-ring (bicyclic) bond motifs is 1. The summed E-state index contributed by atoms with van der Waals surface area (Å²) in [5, 5.41) is 2.54. The number of alkyl halides is 2. The van der Waals surface area contributed by atoms with Crippen molar-refractivity contribution in [1.82, 2.24) is 4.90 Å². The molecule has 2 aliphatic rings. The summed E-state index contributed by atoms with van der Waals surface area (Å²) in [4.78, 5) is 37.8. The molecule has 1 aromatic carbocycles. The van der Waals surface area contributed by atoms with E-state index in [9.17, 15) is 23.2 Å². The first-order valence-corrected chi connectivity index (χ1v) is 8.15. The van der Waals surface area contributed by atoms with Gasteiger partial charge in [0.2, 0.25) is 17.7 Å². The Hall–Kier alpha value is -2.51. The topological polar surface area (TPSA) is 75.7 Å². The van der Waals surface area contributed by atoms with Crippen molar-refractivity contribution >= 4 is 23.4 Å². The molecule has 1 saturated heterocycles. The zero-order valence-corrected chi connectivity index (χ0v) is 13.4. The number of hydrogen-bond donors (Lipinski definition) is 1. The number of nitrogens with zero attached hydrogens (tertiary/aromatic N) is 1. The Balaban J connectivity index is 1.59. The van der Waals surface area contributed by atoms with Crippen molar-refractivity contribution < 1.29 is 27.9 Å². The molecule has 1 saturated carbocycles. The number of imide groups is 1. The minimum Gasteiger partial charge on any atom is -0.435 e. The number of benzene rings is 1. The monoisotopic (exact) mass is 352 g/mol. The van der Waals surface area contributed by atoms with Gasteiger partial charge >= 0.3 is 6.61 Å². The van der Waals surface area contributed by atoms with Gasteiger partial charge in [-0.3, -0.25) is 19.3 Å². The lowest BCUT2D eigenvalue weighted by Gasteiger charge is -2.19. The molecule has 0 radical (unpaired) electrons. The SMILES string of the molecule is O=C(CN1C(=O)C2CCCCC2C1=O)Nc1ccc(OC(F)F)cc1. The van der Waals surface area contributed by atoms with Gasteiger partial charge in [0, 0.05) is 5.69 Å². The highest BCUT2D eigenvalue weighted by molar-refractivity contribution is 6.08. The van der Waals surface area contributed by atoms with Gasteiger partial charge in [0.25, 0.3) is 0 Å². The Bertz CT molecular complexity index is 654. The van der Waals surface area contributed by atoms with Crippen LogP contribution in [-0.2, 0) is 14.4 Å². The summed E-state index contributed by atoms with van der Waals surface area (Å²) in [6.45, 7) is -3.25. The third-order valence-corrected chi connectivity index (χ3v) is 4.60. The second kappa shape index (κ2) is 7.16. The average molecular weight is 352 g/mol. The van der Waals surface area contributed by atoms with Crippen LogP contribution in [0.1, 0.15) is 25.7 Å². The molecule has 8 heteroatoms. The lowest BCUT2D eigenvalue weighted by atomic mass is 9.81. The van der Waals surface area contributed by atoms with Crippen LogP contribution < -0.4 is 10.1 Å². The molecule has 1 N–H and O–H groups in total. The van der Waals surface area contributed by atoms with Crippen molar-refractivity contribution in [2.45, 2.75) is 32.3 Å². The van der Waals surface area contributed by atoms with E-state index in [0.29, 0.717) is 18.5 Å². The van der Waals surface area contributed by atoms with Gasteiger partial charge in [-0.25, -0.2) is 0 Å². The number of hydrogen-bond acceptors (Lipinski definition) is 4. The molecule has 1 heterocycles. The molecule has 6 nitrogen and oxygen atoms in total. The average Bonchev–Trinajstić information content (AvgIpc) is 2.82. The minimum atomic E-state index is -2.92. The first-order valence-electron chi connectivity index (χ1n) is 8.15. The predicted molar refractivity (Wildman–Crippen MR) is 83.9 cm³/mol. The van der Waals surface area contributed by atoms with Crippen LogP contribution in [0.3, 0.4) is 0 Å². The van der Waals surface area contributed by atoms with E-state index < -0.39 is 12.5 Å². The van der Waals surface area contributed by atoms with Gasteiger partial charge in [-0.15, -0.1) is 0 Å². The number of halogens is 2. The first-order chi connectivity index (χ1) is 12.0. The molecule has 25 heavy (non-hydrogen) atoms. The third-order valence-electron chi connectivity index (χ3n) is 4.60. The van der Waals surface area contributed by atoms with Crippen LogP contribution >= 0.6 is 0 Å². The molecule has 3 amide bonds. The van der Waals surface area contributed by atoms with Crippen LogP contribution in [0.15, 0.2) is 24.3 Å². The summed E-state index contributed by atoms with van der Waals surface area (Å²) < 4.78 is 28.4. The maximum Gasteiger partial charge on any atom is 0.387 e. The van der Waals surface area contributed by atoms with Crippen LogP contribution in [-0.4, -0.2) is 35.8 Å². The smallest absolute Gasteiger partial charge is 0.387 e. The van der Waals surface area contributed by atoms with E-state index in [0.717, 1.165) is 17.7 Å². The Morgan fingerprint density at radius 1 is 1.12 bits per heavy atom. The number of likely N-dealkylation sites (tertiary alicyclic amines) is 1. The molecule has 0 spiro atoms. The van der Waals surface area contributed by atoms with Crippen LogP contribution in [0.5, 0.6) is 5.75 Å². The molecule has 1 aliphatic carbocycles. The summed E-state index contributed by atoms with van der Waals surface area (Å²) in [5.74, 6) is -1.67. The fraction of sp³-hybridized carbons (Fsp3) is 0.471. The van der Waals surface area contributed by atoms with Crippen molar-refractivity contribution in [3.8, 4) is 5.75 Å². The number of carbonyl (C=O) groups is 3. The van der Waals surface area contributed by atoms with E-state index in [1.807, 2.05) is 0 Å². The highest BCUT2D eigenvalue weighted by Crippen LogP contribution is 2.37. The molecule has 0 aromatic heterocycles. The van der Waals surface area contributed by atoms with Gasteiger partial charge in [0.15, 0.2) is 0 Å². The number of carbonyl (C=O) groups excluding carboxylic acids is 3. The van der Waals surface area contributed by atoms with Crippen LogP contribution in [0, 0.1) is 11.8 Å². The standard InChI is InChI=1S/C17H18F2N2O4/c18-17(19)25-11-7-5-10(6-8-11)20-14(22)9-21-15(23)12-3-1-2-4-13(12)16(21)24/h5-8,12-13,17H,1-4,9H2,(H,20,22). The van der Waals surface area contributed by atoms with E-state index in [-0.39, 0.29) is 35.9 Å². The Morgan fingerprint density at radius 3 is 2.20 bits per heavy atom. The summed E-state index contributed by atoms with van der Waals surface area (Å²) in [5.41, 5.74) is 0.364. The van der Waals surface area contributed by atoms with Crippen molar-refractivity contribution in [3.05, 3.63) is 24.3 Å². The van der Waals surface area contributed by atoms with Crippen LogP contribution in [0.4, 0.5) is 14.5 Å². The summed E-state index contributed by atoms with van der Waals surface area (Å²) >= 11 is 0. The molecule has 2 atom stereocenters. The number of anilines is 1. The predicted octanol–water partition coefficient (Wildman–Crippen LogP) is 2.40. The second-order valence-electron chi connectivity index (χ2n) is 6.21. The highest BCUT2D eigenvalue weighted by atomic mass is 19.3. The van der Waals surface area contributed by atoms with Gasteiger partial charge in [-0.05, 0) is 37.1 Å². The zero-order valence-electron chi connectivity index (χ0n) is 13.4. The molecule has 1 aromatic rings. The fourth-order valence-electron chi connectivity index (χ4n) is 3.45. The molecule has 2 unspecified atom stereocenters. The largest absolute Gasteiger partial charge is 0.435 e. The zero-order chi connectivity index (χ0) is 18.0. The van der Waals surface area contributed by atoms with Gasteiger partial charge in [-0.2, -0.15) is 8.78 Å². The number of nitrogens with one attached hydrogen (secondary N) is 1. The second-order valence-corrected chi connectivity index (χ2v) is 6.21. The normalized spacial score (nSPS) is 22.9. The van der Waals surface area contributed by atoms with Crippen molar-refractivity contribution in [3.63, 3.8) is 0 Å². The van der Waals surface area contributed by atoms with Crippen molar-refractivity contribution in [1.29, 1.82) is 0 Å². The molecular weight excluding hydrogens is 334 g/mol. The highest BCUT2D eigenvalue weighted by Gasteiger charge is 2.48. The lowest BCUT2D eigenvalue weighted by Crippen LogP contribution is -2.38. The molecule has 1 aliphatic heterocycles. The van der Waals surface area contributed by atoms with Gasteiger partial charge in [-0.1, -0.05) is 12.8 Å². The number of ether oxygens (including phenoxy) is 1. The molecule has 3 rings (SSSR count). The van der Waals surface area contributed by atoms with Gasteiger partial charge < -0.3 is 10.1 Å². The minimum absolute atomic E-state index is 0.0260. The third kappa shape index (κ3) is 3.78. The fourth-order valence-corrected chi connectivity index (χ4v) is 3.45. The first kappa shape index (κ1) is 17.3. The maximum absolute atomic E-state index is 12.3. The van der Waals surface area contributed by atoms with Crippen molar-refractivity contribution in [2.24, 2.45) is 11.8 Å². The van der Waals surface area contributed by atoms with Gasteiger partial charge in [0.1, 0.15) is 12.3 Å². The maximum atomic E-state index is 12.3. The van der Waals surface area contributed by atoms with E-state index in [4.69, 9.17) is 0 Å². The van der Waals surface area contributed by atoms with Crippen LogP contribution in [0.25, 0.3) is 0 Å². The Morgan fingerprint density at radius 2 is 1.68 bits per heavy atom. The lowest BCUT2D eigenvalue weighted by molar-refractivity contribution is -0.142. The molecule has 134 valence electrons. The number of amides is 3. The Labute approximate surface area is 143 Å². The van der Waals surface area contributed by atoms with E-state index in [1.165, 1.54) is 24.3 Å². The van der Waals surface area contributed by atoms with E-state index in [2.05, 4.69) is 10.1 Å². The van der Waals surface area contributed by atoms with Crippen LogP contribution in [0.2, 0.25) is 0 Å².